The van der Waals surface area contributed by atoms with Crippen molar-refractivity contribution in [2.75, 3.05) is 0 Å². The number of halogens is 1. The summed E-state index contributed by atoms with van der Waals surface area (Å²) in [6.07, 6.45) is 1.72. The Bertz CT molecular complexity index is 999. The highest BCUT2D eigenvalue weighted by molar-refractivity contribution is 9.10. The standard InChI is InChI=1S/C18H17BrN2O2S/c1-12-9-13(2)18-17(10-12)14(7-8-20-18)11-21-24(22,23)16-5-3-15(19)4-6-16/h3-10,21H,11H2,1-2H3. The normalized spacial score (nSPS) is 11.8. The minimum Gasteiger partial charge on any atom is -0.256 e. The van der Waals surface area contributed by atoms with Gasteiger partial charge in [0.05, 0.1) is 10.4 Å². The van der Waals surface area contributed by atoms with E-state index < -0.39 is 10.0 Å². The van der Waals surface area contributed by atoms with Crippen LogP contribution in [0.3, 0.4) is 0 Å². The Morgan fingerprint density at radius 2 is 1.79 bits per heavy atom. The summed E-state index contributed by atoms with van der Waals surface area (Å²) >= 11 is 3.31. The molecule has 3 rings (SSSR count). The average Bonchev–Trinajstić information content (AvgIpc) is 2.53. The molecule has 0 saturated heterocycles. The number of nitrogens with one attached hydrogen (secondary N) is 1. The van der Waals surface area contributed by atoms with Crippen molar-refractivity contribution in [1.82, 2.24) is 9.71 Å². The lowest BCUT2D eigenvalue weighted by molar-refractivity contribution is 0.581. The fourth-order valence-electron chi connectivity index (χ4n) is 2.69. The summed E-state index contributed by atoms with van der Waals surface area (Å²) in [4.78, 5) is 4.66. The van der Waals surface area contributed by atoms with E-state index in [9.17, 15) is 8.42 Å². The summed E-state index contributed by atoms with van der Waals surface area (Å²) in [7, 11) is -3.56. The highest BCUT2D eigenvalue weighted by Gasteiger charge is 2.14. The average molecular weight is 405 g/mol. The van der Waals surface area contributed by atoms with Crippen LogP contribution >= 0.6 is 15.9 Å². The second-order valence-electron chi connectivity index (χ2n) is 5.73. The van der Waals surface area contributed by atoms with Crippen LogP contribution in [-0.2, 0) is 16.6 Å². The van der Waals surface area contributed by atoms with Crippen molar-refractivity contribution in [2.45, 2.75) is 25.3 Å². The zero-order valence-corrected chi connectivity index (χ0v) is 15.8. The molecule has 1 N–H and O–H groups in total. The van der Waals surface area contributed by atoms with E-state index in [0.29, 0.717) is 0 Å². The van der Waals surface area contributed by atoms with Gasteiger partial charge in [0.25, 0.3) is 0 Å². The van der Waals surface area contributed by atoms with E-state index in [4.69, 9.17) is 0 Å². The molecule has 0 saturated carbocycles. The van der Waals surface area contributed by atoms with Gasteiger partial charge in [-0.05, 0) is 61.4 Å². The number of aromatic nitrogens is 1. The quantitative estimate of drug-likeness (QED) is 0.711. The molecule has 124 valence electrons. The summed E-state index contributed by atoms with van der Waals surface area (Å²) in [6, 6.07) is 12.5. The molecule has 0 unspecified atom stereocenters. The highest BCUT2D eigenvalue weighted by atomic mass is 79.9. The molecule has 0 fully saturated rings. The molecule has 1 aromatic heterocycles. The van der Waals surface area contributed by atoms with E-state index in [1.165, 1.54) is 0 Å². The predicted octanol–water partition coefficient (Wildman–Crippen LogP) is 4.09. The van der Waals surface area contributed by atoms with Crippen LogP contribution in [0.5, 0.6) is 0 Å². The number of rotatable bonds is 4. The number of pyridine rings is 1. The Labute approximate surface area is 150 Å². The number of fused-ring (bicyclic) bond motifs is 1. The van der Waals surface area contributed by atoms with Crippen molar-refractivity contribution in [2.24, 2.45) is 0 Å². The zero-order valence-electron chi connectivity index (χ0n) is 13.4. The number of sulfonamides is 1. The molecule has 0 bridgehead atoms. The molecule has 0 aliphatic carbocycles. The Balaban J connectivity index is 1.92. The topological polar surface area (TPSA) is 59.1 Å². The summed E-state index contributed by atoms with van der Waals surface area (Å²) in [6.45, 7) is 4.26. The van der Waals surface area contributed by atoms with Crippen molar-refractivity contribution in [3.63, 3.8) is 0 Å². The molecule has 0 aliphatic rings. The lowest BCUT2D eigenvalue weighted by Gasteiger charge is -2.11. The molecular formula is C18H17BrN2O2S. The van der Waals surface area contributed by atoms with Crippen molar-refractivity contribution < 1.29 is 8.42 Å². The molecule has 24 heavy (non-hydrogen) atoms. The molecule has 3 aromatic rings. The van der Waals surface area contributed by atoms with Gasteiger partial charge < -0.3 is 0 Å². The van der Waals surface area contributed by atoms with Crippen LogP contribution in [0.15, 0.2) is 58.0 Å². The van der Waals surface area contributed by atoms with Crippen LogP contribution in [-0.4, -0.2) is 13.4 Å². The van der Waals surface area contributed by atoms with Crippen LogP contribution in [0.25, 0.3) is 10.9 Å². The van der Waals surface area contributed by atoms with Crippen molar-refractivity contribution in [3.8, 4) is 0 Å². The third kappa shape index (κ3) is 3.50. The molecule has 0 amide bonds. The van der Waals surface area contributed by atoms with E-state index in [2.05, 4.69) is 31.7 Å². The smallest absolute Gasteiger partial charge is 0.240 e. The van der Waals surface area contributed by atoms with Crippen LogP contribution in [0.1, 0.15) is 16.7 Å². The predicted molar refractivity (Wildman–Crippen MR) is 99.4 cm³/mol. The molecule has 0 aliphatic heterocycles. The Hall–Kier alpha value is -1.76. The van der Waals surface area contributed by atoms with Crippen LogP contribution < -0.4 is 4.72 Å². The fourth-order valence-corrected chi connectivity index (χ4v) is 3.96. The maximum atomic E-state index is 12.4. The van der Waals surface area contributed by atoms with Gasteiger partial charge in [-0.25, -0.2) is 13.1 Å². The van der Waals surface area contributed by atoms with Gasteiger partial charge in [-0.3, -0.25) is 4.98 Å². The van der Waals surface area contributed by atoms with Crippen molar-refractivity contribution in [1.29, 1.82) is 0 Å². The van der Waals surface area contributed by atoms with Gasteiger partial charge in [0.15, 0.2) is 0 Å². The van der Waals surface area contributed by atoms with Crippen LogP contribution in [0.2, 0.25) is 0 Å². The Kier molecular flexibility index (Phi) is 4.71. The zero-order chi connectivity index (χ0) is 17.3. The van der Waals surface area contributed by atoms with Gasteiger partial charge in [0.1, 0.15) is 0 Å². The first-order chi connectivity index (χ1) is 11.4. The molecule has 6 heteroatoms. The fraction of sp³-hybridized carbons (Fsp3) is 0.167. The molecule has 0 spiro atoms. The number of benzene rings is 2. The minimum atomic E-state index is -3.56. The second kappa shape index (κ2) is 6.63. The lowest BCUT2D eigenvalue weighted by Crippen LogP contribution is -2.23. The third-order valence-corrected chi connectivity index (χ3v) is 5.79. The van der Waals surface area contributed by atoms with Crippen molar-refractivity contribution >= 4 is 36.9 Å². The maximum absolute atomic E-state index is 12.4. The molecule has 2 aromatic carbocycles. The summed E-state index contributed by atoms with van der Waals surface area (Å²) in [5.74, 6) is 0. The van der Waals surface area contributed by atoms with Gasteiger partial charge in [0.2, 0.25) is 10.0 Å². The number of aryl methyl sites for hydroxylation is 2. The maximum Gasteiger partial charge on any atom is 0.240 e. The SMILES string of the molecule is Cc1cc(C)c2nccc(CNS(=O)(=O)c3ccc(Br)cc3)c2c1. The minimum absolute atomic E-state index is 0.223. The van der Waals surface area contributed by atoms with E-state index in [1.54, 1.807) is 30.5 Å². The van der Waals surface area contributed by atoms with E-state index in [-0.39, 0.29) is 11.4 Å². The van der Waals surface area contributed by atoms with Crippen molar-refractivity contribution in [3.05, 3.63) is 69.8 Å². The Morgan fingerprint density at radius 1 is 1.08 bits per heavy atom. The Morgan fingerprint density at radius 3 is 2.50 bits per heavy atom. The molecule has 0 radical (unpaired) electrons. The second-order valence-corrected chi connectivity index (χ2v) is 8.41. The molecular weight excluding hydrogens is 388 g/mol. The highest BCUT2D eigenvalue weighted by Crippen LogP contribution is 2.22. The third-order valence-electron chi connectivity index (χ3n) is 3.85. The van der Waals surface area contributed by atoms with Gasteiger partial charge in [0, 0.05) is 22.6 Å². The van der Waals surface area contributed by atoms with Crippen LogP contribution in [0, 0.1) is 13.8 Å². The summed E-state index contributed by atoms with van der Waals surface area (Å²) < 4.78 is 28.4. The van der Waals surface area contributed by atoms with E-state index >= 15 is 0 Å². The summed E-state index contributed by atoms with van der Waals surface area (Å²) in [5.41, 5.74) is 4.03. The van der Waals surface area contributed by atoms with Gasteiger partial charge in [-0.2, -0.15) is 0 Å². The molecule has 1 heterocycles. The van der Waals surface area contributed by atoms with Crippen LogP contribution in [0.4, 0.5) is 0 Å². The molecule has 0 atom stereocenters. The van der Waals surface area contributed by atoms with E-state index in [0.717, 1.165) is 32.1 Å². The number of hydrogen-bond acceptors (Lipinski definition) is 3. The number of nitrogens with zero attached hydrogens (tertiary/aromatic N) is 1. The first-order valence-corrected chi connectivity index (χ1v) is 9.74. The summed E-state index contributed by atoms with van der Waals surface area (Å²) in [5, 5.41) is 0.980. The van der Waals surface area contributed by atoms with E-state index in [1.807, 2.05) is 26.0 Å². The lowest BCUT2D eigenvalue weighted by atomic mass is 10.0. The largest absolute Gasteiger partial charge is 0.256 e. The van der Waals surface area contributed by atoms with Gasteiger partial charge >= 0.3 is 0 Å². The van der Waals surface area contributed by atoms with Gasteiger partial charge in [-0.1, -0.05) is 27.6 Å². The number of hydrogen-bond donors (Lipinski definition) is 1. The molecule has 4 nitrogen and oxygen atoms in total. The monoisotopic (exact) mass is 404 g/mol. The first kappa shape index (κ1) is 17.1. The van der Waals surface area contributed by atoms with Gasteiger partial charge in [-0.15, -0.1) is 0 Å². The first-order valence-electron chi connectivity index (χ1n) is 7.47.